The van der Waals surface area contributed by atoms with E-state index in [1.54, 1.807) is 0 Å². The van der Waals surface area contributed by atoms with E-state index in [2.05, 4.69) is 4.98 Å². The molecule has 1 aliphatic rings. The molecule has 0 aromatic carbocycles. The molecule has 1 aliphatic carbocycles. The molecular weight excluding hydrogens is 250 g/mol. The van der Waals surface area contributed by atoms with E-state index in [-0.39, 0.29) is 11.8 Å². The number of nitrogens with two attached hydrogens (primary N) is 1. The fourth-order valence-electron chi connectivity index (χ4n) is 3.11. The Hall–Kier alpha value is -1.42. The normalized spacial score (nSPS) is 21.9. The lowest BCUT2D eigenvalue weighted by molar-refractivity contribution is -0.137. The van der Waals surface area contributed by atoms with Gasteiger partial charge in [0.15, 0.2) is 0 Å². The Balaban J connectivity index is 2.06. The number of rotatable bonds is 5. The third-order valence-corrected chi connectivity index (χ3v) is 4.27. The number of hydrogen-bond donors (Lipinski definition) is 1. The number of aryl methyl sites for hydroxylation is 1. The van der Waals surface area contributed by atoms with Crippen molar-refractivity contribution in [3.05, 3.63) is 29.6 Å². The first-order chi connectivity index (χ1) is 9.65. The average Bonchev–Trinajstić information content (AvgIpc) is 2.92. The highest BCUT2D eigenvalue weighted by molar-refractivity contribution is 5.79. The van der Waals surface area contributed by atoms with Crippen LogP contribution in [0.2, 0.25) is 0 Å². The van der Waals surface area contributed by atoms with Gasteiger partial charge in [0.2, 0.25) is 5.91 Å². The Labute approximate surface area is 121 Å². The molecule has 2 unspecified atom stereocenters. The van der Waals surface area contributed by atoms with Gasteiger partial charge in [0, 0.05) is 18.2 Å². The minimum Gasteiger partial charge on any atom is -0.337 e. The summed E-state index contributed by atoms with van der Waals surface area (Å²) < 4.78 is 0. The van der Waals surface area contributed by atoms with Crippen molar-refractivity contribution < 1.29 is 4.79 Å². The van der Waals surface area contributed by atoms with Gasteiger partial charge in [-0.3, -0.25) is 9.78 Å². The van der Waals surface area contributed by atoms with Gasteiger partial charge in [-0.2, -0.15) is 0 Å². The van der Waals surface area contributed by atoms with E-state index in [0.717, 1.165) is 37.2 Å². The monoisotopic (exact) mass is 275 g/mol. The highest BCUT2D eigenvalue weighted by Crippen LogP contribution is 2.32. The maximum absolute atomic E-state index is 12.7. The molecule has 0 saturated heterocycles. The molecule has 2 rings (SSSR count). The molecule has 0 spiro atoms. The average molecular weight is 275 g/mol. The number of hydrogen-bond acceptors (Lipinski definition) is 3. The molecule has 4 heteroatoms. The molecule has 0 bridgehead atoms. The van der Waals surface area contributed by atoms with Gasteiger partial charge in [-0.15, -0.1) is 0 Å². The molecule has 2 N–H and O–H groups in total. The molecular formula is C16H25N3O. The van der Waals surface area contributed by atoms with Gasteiger partial charge >= 0.3 is 0 Å². The third-order valence-electron chi connectivity index (χ3n) is 4.27. The Morgan fingerprint density at radius 2 is 2.25 bits per heavy atom. The summed E-state index contributed by atoms with van der Waals surface area (Å²) >= 11 is 0. The number of aromatic nitrogens is 1. The predicted molar refractivity (Wildman–Crippen MR) is 80.0 cm³/mol. The minimum absolute atomic E-state index is 0.116. The van der Waals surface area contributed by atoms with Crippen LogP contribution < -0.4 is 5.73 Å². The minimum atomic E-state index is 0.116. The molecule has 1 fully saturated rings. The van der Waals surface area contributed by atoms with Gasteiger partial charge in [0.25, 0.3) is 0 Å². The maximum atomic E-state index is 12.7. The zero-order chi connectivity index (χ0) is 14.5. The summed E-state index contributed by atoms with van der Waals surface area (Å²) in [5, 5.41) is 0. The van der Waals surface area contributed by atoms with Crippen molar-refractivity contribution >= 4 is 5.91 Å². The fraction of sp³-hybridized carbons (Fsp3) is 0.625. The summed E-state index contributed by atoms with van der Waals surface area (Å²) in [6.07, 6.45) is 3.20. The number of carbonyl (C=O) groups is 1. The summed E-state index contributed by atoms with van der Waals surface area (Å²) in [5.74, 6) is 0.732. The molecule has 1 aromatic rings. The maximum Gasteiger partial charge on any atom is 0.226 e. The quantitative estimate of drug-likeness (QED) is 0.895. The highest BCUT2D eigenvalue weighted by atomic mass is 16.2. The van der Waals surface area contributed by atoms with Gasteiger partial charge in [-0.05, 0) is 51.3 Å². The van der Waals surface area contributed by atoms with Crippen LogP contribution in [0.5, 0.6) is 0 Å². The molecule has 1 saturated carbocycles. The van der Waals surface area contributed by atoms with E-state index < -0.39 is 0 Å². The van der Waals surface area contributed by atoms with Gasteiger partial charge in [0.1, 0.15) is 0 Å². The van der Waals surface area contributed by atoms with Crippen molar-refractivity contribution in [3.63, 3.8) is 0 Å². The molecule has 2 atom stereocenters. The molecule has 4 nitrogen and oxygen atoms in total. The summed E-state index contributed by atoms with van der Waals surface area (Å²) in [6.45, 7) is 5.95. The Morgan fingerprint density at radius 3 is 2.90 bits per heavy atom. The molecule has 1 amide bonds. The van der Waals surface area contributed by atoms with Crippen LogP contribution in [0.1, 0.15) is 37.6 Å². The van der Waals surface area contributed by atoms with E-state index in [1.165, 1.54) is 0 Å². The van der Waals surface area contributed by atoms with Crippen LogP contribution in [0.3, 0.4) is 0 Å². The van der Waals surface area contributed by atoms with E-state index in [9.17, 15) is 4.79 Å². The lowest BCUT2D eigenvalue weighted by Crippen LogP contribution is -2.38. The first-order valence-corrected chi connectivity index (χ1v) is 7.57. The van der Waals surface area contributed by atoms with Crippen molar-refractivity contribution in [2.75, 3.05) is 13.1 Å². The standard InChI is InChI=1S/C16H25N3O/c1-3-19(11-14-8-4-6-12(2)18-14)16(20)15-9-5-7-13(15)10-17/h4,6,8,13,15H,3,5,7,9-11,17H2,1-2H3. The van der Waals surface area contributed by atoms with Crippen LogP contribution in [0.4, 0.5) is 0 Å². The van der Waals surface area contributed by atoms with Crippen LogP contribution in [0.15, 0.2) is 18.2 Å². The Kier molecular flexibility index (Phi) is 5.12. The van der Waals surface area contributed by atoms with Crippen LogP contribution in [0, 0.1) is 18.8 Å². The van der Waals surface area contributed by atoms with E-state index in [0.29, 0.717) is 19.0 Å². The number of nitrogens with zero attached hydrogens (tertiary/aromatic N) is 2. The first kappa shape index (κ1) is 15.0. The highest BCUT2D eigenvalue weighted by Gasteiger charge is 2.34. The predicted octanol–water partition coefficient (Wildman–Crippen LogP) is 2.11. The van der Waals surface area contributed by atoms with Crippen molar-refractivity contribution in [1.82, 2.24) is 9.88 Å². The summed E-state index contributed by atoms with van der Waals surface area (Å²) in [7, 11) is 0. The molecule has 1 aromatic heterocycles. The topological polar surface area (TPSA) is 59.2 Å². The van der Waals surface area contributed by atoms with E-state index >= 15 is 0 Å². The van der Waals surface area contributed by atoms with Crippen molar-refractivity contribution in [2.45, 2.75) is 39.7 Å². The SMILES string of the molecule is CCN(Cc1cccc(C)n1)C(=O)C1CCCC1CN. The Bertz CT molecular complexity index is 461. The van der Waals surface area contributed by atoms with Crippen molar-refractivity contribution in [3.8, 4) is 0 Å². The molecule has 0 aliphatic heterocycles. The largest absolute Gasteiger partial charge is 0.337 e. The van der Waals surface area contributed by atoms with Crippen molar-refractivity contribution in [1.29, 1.82) is 0 Å². The second-order valence-electron chi connectivity index (χ2n) is 5.66. The third kappa shape index (κ3) is 3.37. The van der Waals surface area contributed by atoms with Crippen LogP contribution in [-0.4, -0.2) is 28.9 Å². The van der Waals surface area contributed by atoms with E-state index in [4.69, 9.17) is 5.73 Å². The lowest BCUT2D eigenvalue weighted by atomic mass is 9.94. The zero-order valence-electron chi connectivity index (χ0n) is 12.5. The van der Waals surface area contributed by atoms with Crippen LogP contribution in [0.25, 0.3) is 0 Å². The molecule has 110 valence electrons. The second kappa shape index (κ2) is 6.84. The second-order valence-corrected chi connectivity index (χ2v) is 5.66. The number of pyridine rings is 1. The molecule has 20 heavy (non-hydrogen) atoms. The van der Waals surface area contributed by atoms with Crippen LogP contribution in [-0.2, 0) is 11.3 Å². The van der Waals surface area contributed by atoms with Gasteiger partial charge in [0.05, 0.1) is 12.2 Å². The smallest absolute Gasteiger partial charge is 0.226 e. The zero-order valence-corrected chi connectivity index (χ0v) is 12.5. The van der Waals surface area contributed by atoms with Gasteiger partial charge in [-0.1, -0.05) is 12.5 Å². The van der Waals surface area contributed by atoms with Gasteiger partial charge in [-0.25, -0.2) is 0 Å². The summed E-state index contributed by atoms with van der Waals surface area (Å²) in [6, 6.07) is 5.95. The van der Waals surface area contributed by atoms with E-state index in [1.807, 2.05) is 36.9 Å². The molecule has 1 heterocycles. The van der Waals surface area contributed by atoms with Crippen molar-refractivity contribution in [2.24, 2.45) is 17.6 Å². The lowest BCUT2D eigenvalue weighted by Gasteiger charge is -2.26. The fourth-order valence-corrected chi connectivity index (χ4v) is 3.11. The summed E-state index contributed by atoms with van der Waals surface area (Å²) in [4.78, 5) is 19.1. The molecule has 0 radical (unpaired) electrons. The van der Waals surface area contributed by atoms with Gasteiger partial charge < -0.3 is 10.6 Å². The first-order valence-electron chi connectivity index (χ1n) is 7.57. The number of carbonyl (C=O) groups excluding carboxylic acids is 1. The van der Waals surface area contributed by atoms with Crippen LogP contribution >= 0.6 is 0 Å². The number of amides is 1. The Morgan fingerprint density at radius 1 is 1.45 bits per heavy atom. The summed E-state index contributed by atoms with van der Waals surface area (Å²) in [5.41, 5.74) is 7.75.